The number of anilines is 1. The molecule has 0 saturated carbocycles. The molecule has 0 aliphatic carbocycles. The van der Waals surface area contributed by atoms with Gasteiger partial charge in [-0.3, -0.25) is 4.79 Å². The van der Waals surface area contributed by atoms with Crippen molar-refractivity contribution in [2.45, 2.75) is 19.4 Å². The van der Waals surface area contributed by atoms with Crippen LogP contribution in [-0.2, 0) is 17.8 Å². The lowest BCUT2D eigenvalue weighted by molar-refractivity contribution is -0.115. The average Bonchev–Trinajstić information content (AvgIpc) is 2.96. The molecule has 0 bridgehead atoms. The van der Waals surface area contributed by atoms with Gasteiger partial charge in [-0.05, 0) is 29.3 Å². The van der Waals surface area contributed by atoms with E-state index in [1.807, 2.05) is 30.3 Å². The maximum Gasteiger partial charge on any atom is 0.229 e. The number of amides is 1. The van der Waals surface area contributed by atoms with E-state index >= 15 is 0 Å². The SMILES string of the molecule is O=C(Cc1cc(Cl)c2c(c1)OCCCO2)Nc1ccnn1Cc1ccccc1Br. The van der Waals surface area contributed by atoms with Crippen LogP contribution >= 0.6 is 27.5 Å². The molecule has 0 saturated heterocycles. The molecular weight excluding hydrogens is 458 g/mol. The molecule has 1 aliphatic heterocycles. The van der Waals surface area contributed by atoms with Gasteiger partial charge in [0.1, 0.15) is 5.82 Å². The Labute approximate surface area is 181 Å². The van der Waals surface area contributed by atoms with E-state index in [4.69, 9.17) is 21.1 Å². The van der Waals surface area contributed by atoms with Crippen LogP contribution in [0.4, 0.5) is 5.82 Å². The zero-order valence-corrected chi connectivity index (χ0v) is 17.9. The second-order valence-corrected chi connectivity index (χ2v) is 7.91. The Bertz CT molecular complexity index is 1040. The fraction of sp³-hybridized carbons (Fsp3) is 0.238. The van der Waals surface area contributed by atoms with E-state index in [1.165, 1.54) is 0 Å². The Morgan fingerprint density at radius 3 is 2.90 bits per heavy atom. The summed E-state index contributed by atoms with van der Waals surface area (Å²) in [7, 11) is 0. The number of nitrogens with zero attached hydrogens (tertiary/aromatic N) is 2. The molecule has 4 rings (SSSR count). The summed E-state index contributed by atoms with van der Waals surface area (Å²) in [6, 6.07) is 13.2. The molecular formula is C21H19BrClN3O3. The van der Waals surface area contributed by atoms with Gasteiger partial charge in [-0.1, -0.05) is 45.7 Å². The highest BCUT2D eigenvalue weighted by Crippen LogP contribution is 2.38. The first kappa shape index (κ1) is 19.8. The summed E-state index contributed by atoms with van der Waals surface area (Å²) in [6.07, 6.45) is 2.62. The van der Waals surface area contributed by atoms with E-state index in [2.05, 4.69) is 26.3 Å². The number of carbonyl (C=O) groups excluding carboxylic acids is 1. The number of aromatic nitrogens is 2. The lowest BCUT2D eigenvalue weighted by Gasteiger charge is -2.12. The van der Waals surface area contributed by atoms with Gasteiger partial charge in [-0.25, -0.2) is 4.68 Å². The van der Waals surface area contributed by atoms with Gasteiger partial charge in [0, 0.05) is 17.0 Å². The van der Waals surface area contributed by atoms with Gasteiger partial charge >= 0.3 is 0 Å². The van der Waals surface area contributed by atoms with E-state index in [-0.39, 0.29) is 12.3 Å². The molecule has 0 fully saturated rings. The van der Waals surface area contributed by atoms with Crippen LogP contribution in [0.15, 0.2) is 53.1 Å². The number of benzene rings is 2. The minimum absolute atomic E-state index is 0.163. The van der Waals surface area contributed by atoms with Crippen LogP contribution in [0, 0.1) is 0 Å². The van der Waals surface area contributed by atoms with Gasteiger partial charge in [-0.15, -0.1) is 0 Å². The van der Waals surface area contributed by atoms with Crippen LogP contribution in [0.5, 0.6) is 11.5 Å². The molecule has 6 nitrogen and oxygen atoms in total. The molecule has 2 aromatic carbocycles. The van der Waals surface area contributed by atoms with Gasteiger partial charge in [0.25, 0.3) is 0 Å². The third kappa shape index (κ3) is 4.74. The molecule has 2 heterocycles. The molecule has 0 atom stereocenters. The first-order valence-corrected chi connectivity index (χ1v) is 10.4. The molecule has 0 spiro atoms. The first-order valence-electron chi connectivity index (χ1n) is 9.23. The number of rotatable bonds is 5. The van der Waals surface area contributed by atoms with E-state index in [0.29, 0.717) is 42.1 Å². The van der Waals surface area contributed by atoms with Crippen LogP contribution in [0.25, 0.3) is 0 Å². The maximum absolute atomic E-state index is 12.6. The van der Waals surface area contributed by atoms with Crippen LogP contribution in [0.2, 0.25) is 5.02 Å². The Kier molecular flexibility index (Phi) is 6.06. The number of hydrogen-bond acceptors (Lipinski definition) is 4. The Balaban J connectivity index is 1.46. The summed E-state index contributed by atoms with van der Waals surface area (Å²) in [5.74, 6) is 1.59. The summed E-state index contributed by atoms with van der Waals surface area (Å²) in [4.78, 5) is 12.6. The standard InChI is InChI=1S/C21H19BrClN3O3/c22-16-5-2-1-4-15(16)13-26-19(6-7-24-26)25-20(27)12-14-10-17(23)21-18(11-14)28-8-3-9-29-21/h1-2,4-7,10-11H,3,8-9,12-13H2,(H,25,27). The second kappa shape index (κ2) is 8.88. The highest BCUT2D eigenvalue weighted by molar-refractivity contribution is 9.10. The third-order valence-corrected chi connectivity index (χ3v) is 5.54. The van der Waals surface area contributed by atoms with Crippen molar-refractivity contribution in [3.8, 4) is 11.5 Å². The molecule has 1 amide bonds. The lowest BCUT2D eigenvalue weighted by atomic mass is 10.1. The topological polar surface area (TPSA) is 65.4 Å². The van der Waals surface area contributed by atoms with Crippen LogP contribution in [0.3, 0.4) is 0 Å². The zero-order chi connectivity index (χ0) is 20.2. The van der Waals surface area contributed by atoms with Gasteiger partial charge < -0.3 is 14.8 Å². The van der Waals surface area contributed by atoms with Crippen molar-refractivity contribution in [3.63, 3.8) is 0 Å². The van der Waals surface area contributed by atoms with Crippen molar-refractivity contribution in [1.82, 2.24) is 9.78 Å². The largest absolute Gasteiger partial charge is 0.489 e. The molecule has 3 aromatic rings. The minimum Gasteiger partial charge on any atom is -0.489 e. The minimum atomic E-state index is -0.163. The van der Waals surface area contributed by atoms with Crippen LogP contribution in [-0.4, -0.2) is 28.9 Å². The van der Waals surface area contributed by atoms with Crippen LogP contribution < -0.4 is 14.8 Å². The molecule has 0 radical (unpaired) electrons. The second-order valence-electron chi connectivity index (χ2n) is 6.65. The predicted molar refractivity (Wildman–Crippen MR) is 115 cm³/mol. The van der Waals surface area contributed by atoms with Crippen molar-refractivity contribution in [2.24, 2.45) is 0 Å². The molecule has 1 N–H and O–H groups in total. The average molecular weight is 477 g/mol. The summed E-state index contributed by atoms with van der Waals surface area (Å²) in [6.45, 7) is 1.67. The monoisotopic (exact) mass is 475 g/mol. The molecule has 0 unspecified atom stereocenters. The number of fused-ring (bicyclic) bond motifs is 1. The number of halogens is 2. The Morgan fingerprint density at radius 2 is 2.03 bits per heavy atom. The predicted octanol–water partition coefficient (Wildman–Crippen LogP) is 4.69. The van der Waals surface area contributed by atoms with Crippen molar-refractivity contribution in [1.29, 1.82) is 0 Å². The summed E-state index contributed by atoms with van der Waals surface area (Å²) < 4.78 is 14.1. The number of nitrogens with one attached hydrogen (secondary N) is 1. The fourth-order valence-electron chi connectivity index (χ4n) is 3.11. The molecule has 1 aromatic heterocycles. The molecule has 1 aliphatic rings. The third-order valence-electron chi connectivity index (χ3n) is 4.49. The zero-order valence-electron chi connectivity index (χ0n) is 15.5. The summed E-state index contributed by atoms with van der Waals surface area (Å²) in [5, 5.41) is 7.69. The normalized spacial score (nSPS) is 13.0. The summed E-state index contributed by atoms with van der Waals surface area (Å²) >= 11 is 9.86. The van der Waals surface area contributed by atoms with Crippen molar-refractivity contribution in [2.75, 3.05) is 18.5 Å². The number of carbonyl (C=O) groups is 1. The van der Waals surface area contributed by atoms with E-state index in [0.717, 1.165) is 22.0 Å². The number of hydrogen-bond donors (Lipinski definition) is 1. The van der Waals surface area contributed by atoms with E-state index < -0.39 is 0 Å². The maximum atomic E-state index is 12.6. The lowest BCUT2D eigenvalue weighted by Crippen LogP contribution is -2.18. The van der Waals surface area contributed by atoms with Crippen molar-refractivity contribution in [3.05, 3.63) is 69.3 Å². The van der Waals surface area contributed by atoms with Gasteiger partial charge in [0.15, 0.2) is 11.5 Å². The quantitative estimate of drug-likeness (QED) is 0.580. The highest BCUT2D eigenvalue weighted by Gasteiger charge is 2.17. The van der Waals surface area contributed by atoms with Gasteiger partial charge in [0.05, 0.1) is 37.4 Å². The number of ether oxygens (including phenoxy) is 2. The van der Waals surface area contributed by atoms with Gasteiger partial charge in [0.2, 0.25) is 5.91 Å². The highest BCUT2D eigenvalue weighted by atomic mass is 79.9. The van der Waals surface area contributed by atoms with Crippen molar-refractivity contribution < 1.29 is 14.3 Å². The molecule has 8 heteroatoms. The Hall–Kier alpha value is -2.51. The molecule has 150 valence electrons. The van der Waals surface area contributed by atoms with E-state index in [1.54, 1.807) is 23.0 Å². The smallest absolute Gasteiger partial charge is 0.229 e. The fourth-order valence-corrected chi connectivity index (χ4v) is 3.81. The first-order chi connectivity index (χ1) is 14.1. The Morgan fingerprint density at radius 1 is 1.21 bits per heavy atom. The van der Waals surface area contributed by atoms with E-state index in [9.17, 15) is 4.79 Å². The summed E-state index contributed by atoms with van der Waals surface area (Å²) in [5.41, 5.74) is 1.83. The van der Waals surface area contributed by atoms with Crippen molar-refractivity contribution >= 4 is 39.3 Å². The van der Waals surface area contributed by atoms with Gasteiger partial charge in [-0.2, -0.15) is 5.10 Å². The molecule has 29 heavy (non-hydrogen) atoms. The van der Waals surface area contributed by atoms with Crippen LogP contribution in [0.1, 0.15) is 17.5 Å².